The number of nitrogens with zero attached hydrogens (tertiary/aromatic N) is 2. The summed E-state index contributed by atoms with van der Waals surface area (Å²) in [6.07, 6.45) is 0. The van der Waals surface area contributed by atoms with Gasteiger partial charge in [0, 0.05) is 19.3 Å². The van der Waals surface area contributed by atoms with Crippen LogP contribution in [0.15, 0.2) is 6.07 Å². The fourth-order valence-corrected chi connectivity index (χ4v) is 1.99. The maximum absolute atomic E-state index is 11.9. The van der Waals surface area contributed by atoms with E-state index in [0.717, 1.165) is 17.2 Å². The highest BCUT2D eigenvalue weighted by atomic mass is 32.2. The molecule has 96 valence electrons. The SMILES string of the molecule is CCSCCNC(=O)c1cc(C(C)C)nn1C. The van der Waals surface area contributed by atoms with Crippen molar-refractivity contribution in [1.82, 2.24) is 15.1 Å². The van der Waals surface area contributed by atoms with E-state index in [1.165, 1.54) is 0 Å². The Balaban J connectivity index is 2.56. The number of aryl methyl sites for hydroxylation is 1. The molecule has 0 spiro atoms. The fraction of sp³-hybridized carbons (Fsp3) is 0.667. The van der Waals surface area contributed by atoms with Gasteiger partial charge in [-0.1, -0.05) is 20.8 Å². The van der Waals surface area contributed by atoms with Crippen molar-refractivity contribution >= 4 is 17.7 Å². The van der Waals surface area contributed by atoms with Gasteiger partial charge >= 0.3 is 0 Å². The lowest BCUT2D eigenvalue weighted by Crippen LogP contribution is -2.27. The molecule has 5 heteroatoms. The molecule has 0 aromatic carbocycles. The summed E-state index contributed by atoms with van der Waals surface area (Å²) in [5.41, 5.74) is 1.59. The van der Waals surface area contributed by atoms with E-state index in [-0.39, 0.29) is 5.91 Å². The third-order valence-electron chi connectivity index (χ3n) is 2.46. The third-order valence-corrected chi connectivity index (χ3v) is 3.36. The van der Waals surface area contributed by atoms with Crippen molar-refractivity contribution in [3.63, 3.8) is 0 Å². The van der Waals surface area contributed by atoms with Gasteiger partial charge in [0.05, 0.1) is 5.69 Å². The molecule has 1 amide bonds. The molecule has 1 rings (SSSR count). The van der Waals surface area contributed by atoms with Crippen LogP contribution in [-0.2, 0) is 7.05 Å². The minimum absolute atomic E-state index is 0.0383. The van der Waals surface area contributed by atoms with E-state index in [0.29, 0.717) is 18.2 Å². The van der Waals surface area contributed by atoms with Crippen LogP contribution in [0.1, 0.15) is 42.9 Å². The van der Waals surface area contributed by atoms with E-state index in [2.05, 4.69) is 31.2 Å². The number of hydrogen-bond donors (Lipinski definition) is 1. The first-order valence-corrected chi connectivity index (χ1v) is 7.11. The molecule has 0 unspecified atom stereocenters. The van der Waals surface area contributed by atoms with Crippen molar-refractivity contribution in [1.29, 1.82) is 0 Å². The van der Waals surface area contributed by atoms with Crippen LogP contribution in [-0.4, -0.2) is 33.7 Å². The Hall–Kier alpha value is -0.970. The van der Waals surface area contributed by atoms with Gasteiger partial charge < -0.3 is 5.32 Å². The highest BCUT2D eigenvalue weighted by Crippen LogP contribution is 2.13. The number of carbonyl (C=O) groups is 1. The maximum atomic E-state index is 11.9. The van der Waals surface area contributed by atoms with Gasteiger partial charge in [-0.05, 0) is 17.7 Å². The maximum Gasteiger partial charge on any atom is 0.269 e. The van der Waals surface area contributed by atoms with Crippen molar-refractivity contribution in [2.75, 3.05) is 18.1 Å². The van der Waals surface area contributed by atoms with Crippen LogP contribution in [0.2, 0.25) is 0 Å². The van der Waals surface area contributed by atoms with Gasteiger partial charge in [-0.3, -0.25) is 9.48 Å². The molecule has 1 N–H and O–H groups in total. The summed E-state index contributed by atoms with van der Waals surface area (Å²) in [5, 5.41) is 7.23. The standard InChI is InChI=1S/C12H21N3OS/c1-5-17-7-6-13-12(16)11-8-10(9(2)3)14-15(11)4/h8-9H,5-7H2,1-4H3,(H,13,16). The lowest BCUT2D eigenvalue weighted by molar-refractivity contribution is 0.0947. The molecular weight excluding hydrogens is 234 g/mol. The van der Waals surface area contributed by atoms with Crippen LogP contribution >= 0.6 is 11.8 Å². The summed E-state index contributed by atoms with van der Waals surface area (Å²) in [5.74, 6) is 2.35. The second kappa shape index (κ2) is 6.69. The van der Waals surface area contributed by atoms with Crippen LogP contribution in [0.5, 0.6) is 0 Å². The fourth-order valence-electron chi connectivity index (χ4n) is 1.46. The van der Waals surface area contributed by atoms with E-state index < -0.39 is 0 Å². The average molecular weight is 255 g/mol. The quantitative estimate of drug-likeness (QED) is 0.791. The summed E-state index contributed by atoms with van der Waals surface area (Å²) in [6, 6.07) is 1.87. The van der Waals surface area contributed by atoms with Crippen LogP contribution < -0.4 is 5.32 Å². The molecular formula is C12H21N3OS. The summed E-state index contributed by atoms with van der Waals surface area (Å²) in [6.45, 7) is 6.96. The molecule has 0 aliphatic carbocycles. The van der Waals surface area contributed by atoms with E-state index in [1.54, 1.807) is 4.68 Å². The number of carbonyl (C=O) groups excluding carboxylic acids is 1. The zero-order valence-corrected chi connectivity index (χ0v) is 11.8. The molecule has 0 saturated carbocycles. The van der Waals surface area contributed by atoms with Gasteiger partial charge in [0.25, 0.3) is 5.91 Å². The molecule has 1 heterocycles. The number of amides is 1. The Kier molecular flexibility index (Phi) is 5.55. The molecule has 0 saturated heterocycles. The first-order chi connectivity index (χ1) is 8.06. The molecule has 1 aromatic rings. The smallest absolute Gasteiger partial charge is 0.269 e. The van der Waals surface area contributed by atoms with Gasteiger partial charge in [0.15, 0.2) is 0 Å². The average Bonchev–Trinajstić information content (AvgIpc) is 2.67. The monoisotopic (exact) mass is 255 g/mol. The first kappa shape index (κ1) is 14.1. The predicted molar refractivity (Wildman–Crippen MR) is 72.6 cm³/mol. The highest BCUT2D eigenvalue weighted by Gasteiger charge is 2.14. The van der Waals surface area contributed by atoms with Gasteiger partial charge in [-0.25, -0.2) is 0 Å². The Bertz CT molecular complexity index is 374. The summed E-state index contributed by atoms with van der Waals surface area (Å²) >= 11 is 1.82. The summed E-state index contributed by atoms with van der Waals surface area (Å²) in [4.78, 5) is 11.9. The number of aromatic nitrogens is 2. The molecule has 17 heavy (non-hydrogen) atoms. The number of nitrogens with one attached hydrogen (secondary N) is 1. The Morgan fingerprint density at radius 1 is 1.59 bits per heavy atom. The van der Waals surface area contributed by atoms with Crippen molar-refractivity contribution in [2.45, 2.75) is 26.7 Å². The zero-order valence-electron chi connectivity index (χ0n) is 11.0. The molecule has 0 radical (unpaired) electrons. The molecule has 0 atom stereocenters. The van der Waals surface area contributed by atoms with Crippen LogP contribution in [0.25, 0.3) is 0 Å². The third kappa shape index (κ3) is 4.07. The molecule has 0 aliphatic rings. The molecule has 0 bridgehead atoms. The number of thioether (sulfide) groups is 1. The lowest BCUT2D eigenvalue weighted by atomic mass is 10.1. The van der Waals surface area contributed by atoms with Crippen LogP contribution in [0.3, 0.4) is 0 Å². The topological polar surface area (TPSA) is 46.9 Å². The molecule has 0 aliphatic heterocycles. The van der Waals surface area contributed by atoms with E-state index in [9.17, 15) is 4.79 Å². The second-order valence-electron chi connectivity index (χ2n) is 4.19. The minimum atomic E-state index is -0.0383. The Labute approximate surface area is 107 Å². The van der Waals surface area contributed by atoms with E-state index in [1.807, 2.05) is 24.9 Å². The summed E-state index contributed by atoms with van der Waals surface area (Å²) < 4.78 is 1.65. The van der Waals surface area contributed by atoms with Gasteiger partial charge in [0.1, 0.15) is 5.69 Å². The zero-order chi connectivity index (χ0) is 12.8. The molecule has 1 aromatic heterocycles. The van der Waals surface area contributed by atoms with Crippen molar-refractivity contribution in [3.8, 4) is 0 Å². The van der Waals surface area contributed by atoms with Crippen molar-refractivity contribution < 1.29 is 4.79 Å². The van der Waals surface area contributed by atoms with Gasteiger partial charge in [-0.15, -0.1) is 0 Å². The predicted octanol–water partition coefficient (Wildman–Crippen LogP) is 2.03. The second-order valence-corrected chi connectivity index (χ2v) is 5.58. The normalized spacial score (nSPS) is 10.9. The minimum Gasteiger partial charge on any atom is -0.350 e. The largest absolute Gasteiger partial charge is 0.350 e. The lowest BCUT2D eigenvalue weighted by Gasteiger charge is -2.04. The van der Waals surface area contributed by atoms with Crippen LogP contribution in [0.4, 0.5) is 0 Å². The summed E-state index contributed by atoms with van der Waals surface area (Å²) in [7, 11) is 1.81. The van der Waals surface area contributed by atoms with Crippen LogP contribution in [0, 0.1) is 0 Å². The Morgan fingerprint density at radius 2 is 2.29 bits per heavy atom. The number of hydrogen-bond acceptors (Lipinski definition) is 3. The van der Waals surface area contributed by atoms with Gasteiger partial charge in [-0.2, -0.15) is 16.9 Å². The van der Waals surface area contributed by atoms with Crippen molar-refractivity contribution in [2.24, 2.45) is 7.05 Å². The Morgan fingerprint density at radius 3 is 2.82 bits per heavy atom. The number of rotatable bonds is 6. The molecule has 0 fully saturated rings. The first-order valence-electron chi connectivity index (χ1n) is 5.96. The molecule has 4 nitrogen and oxygen atoms in total. The van der Waals surface area contributed by atoms with Gasteiger partial charge in [0.2, 0.25) is 0 Å². The highest BCUT2D eigenvalue weighted by molar-refractivity contribution is 7.99. The van der Waals surface area contributed by atoms with E-state index >= 15 is 0 Å². The van der Waals surface area contributed by atoms with Crippen molar-refractivity contribution in [3.05, 3.63) is 17.5 Å². The van der Waals surface area contributed by atoms with E-state index in [4.69, 9.17) is 0 Å².